The van der Waals surface area contributed by atoms with Gasteiger partial charge in [0.15, 0.2) is 0 Å². The lowest BCUT2D eigenvalue weighted by Gasteiger charge is -2.30. The Bertz CT molecular complexity index is 1060. The van der Waals surface area contributed by atoms with Crippen molar-refractivity contribution in [2.75, 3.05) is 36.5 Å². The van der Waals surface area contributed by atoms with Gasteiger partial charge in [0.1, 0.15) is 11.2 Å². The number of carbonyl (C=O) groups is 1. The van der Waals surface area contributed by atoms with Gasteiger partial charge in [-0.1, -0.05) is 22.0 Å². The number of fused-ring (bicyclic) bond motifs is 1. The number of benzene rings is 1. The maximum Gasteiger partial charge on any atom is 0.270 e. The molecule has 0 saturated carbocycles. The zero-order valence-corrected chi connectivity index (χ0v) is 16.0. The van der Waals surface area contributed by atoms with Gasteiger partial charge in [-0.3, -0.25) is 14.0 Å². The molecule has 1 amide bonds. The van der Waals surface area contributed by atoms with Gasteiger partial charge in [-0.15, -0.1) is 0 Å². The smallest absolute Gasteiger partial charge is 0.270 e. The number of aromatic nitrogens is 2. The van der Waals surface area contributed by atoms with Crippen LogP contribution in [-0.2, 0) is 4.74 Å². The number of ether oxygens (including phenoxy) is 1. The summed E-state index contributed by atoms with van der Waals surface area (Å²) in [6.07, 6.45) is 2.92. The van der Waals surface area contributed by atoms with Crippen LogP contribution in [-0.4, -0.2) is 41.6 Å². The van der Waals surface area contributed by atoms with Crippen LogP contribution in [0.15, 0.2) is 58.1 Å². The molecule has 0 bridgehead atoms. The molecule has 8 heteroatoms. The van der Waals surface area contributed by atoms with E-state index in [9.17, 15) is 9.59 Å². The topological polar surface area (TPSA) is 75.9 Å². The minimum atomic E-state index is -0.488. The van der Waals surface area contributed by atoms with Gasteiger partial charge in [-0.2, -0.15) is 0 Å². The Kier molecular flexibility index (Phi) is 4.91. The van der Waals surface area contributed by atoms with Crippen LogP contribution in [0.5, 0.6) is 0 Å². The lowest BCUT2D eigenvalue weighted by Crippen LogP contribution is -2.37. The second-order valence-electron chi connectivity index (χ2n) is 6.12. The number of nitrogens with one attached hydrogen (secondary N) is 1. The second-order valence-corrected chi connectivity index (χ2v) is 7.04. The van der Waals surface area contributed by atoms with Gasteiger partial charge in [0.2, 0.25) is 0 Å². The number of hydrogen-bond acceptors (Lipinski definition) is 5. The fourth-order valence-electron chi connectivity index (χ4n) is 3.06. The number of amides is 1. The molecular formula is C19H17BrN4O3. The maximum absolute atomic E-state index is 12.8. The van der Waals surface area contributed by atoms with Gasteiger partial charge in [0.05, 0.1) is 24.6 Å². The third-order valence-electron chi connectivity index (χ3n) is 4.42. The van der Waals surface area contributed by atoms with Gasteiger partial charge in [0, 0.05) is 30.0 Å². The van der Waals surface area contributed by atoms with Crippen molar-refractivity contribution >= 4 is 38.9 Å². The number of pyridine rings is 1. The fraction of sp³-hybridized carbons (Fsp3) is 0.211. The van der Waals surface area contributed by atoms with E-state index >= 15 is 0 Å². The first-order valence-corrected chi connectivity index (χ1v) is 9.33. The molecule has 27 heavy (non-hydrogen) atoms. The Balaban J connectivity index is 1.68. The van der Waals surface area contributed by atoms with Crippen LogP contribution >= 0.6 is 15.9 Å². The molecule has 1 aliphatic rings. The first kappa shape index (κ1) is 17.7. The van der Waals surface area contributed by atoms with Crippen LogP contribution in [0.4, 0.5) is 11.4 Å². The van der Waals surface area contributed by atoms with Crippen LogP contribution in [0.3, 0.4) is 0 Å². The summed E-state index contributed by atoms with van der Waals surface area (Å²) >= 11 is 3.44. The predicted molar refractivity (Wildman–Crippen MR) is 107 cm³/mol. The van der Waals surface area contributed by atoms with E-state index in [1.165, 1.54) is 10.6 Å². The molecule has 1 aliphatic heterocycles. The molecule has 3 aromatic rings. The second kappa shape index (κ2) is 7.50. The number of nitrogens with zero attached hydrogens (tertiary/aromatic N) is 3. The number of morpholine rings is 1. The third-order valence-corrected chi connectivity index (χ3v) is 4.91. The van der Waals surface area contributed by atoms with Crippen LogP contribution < -0.4 is 15.8 Å². The molecular weight excluding hydrogens is 412 g/mol. The van der Waals surface area contributed by atoms with E-state index in [1.807, 2.05) is 18.2 Å². The van der Waals surface area contributed by atoms with Crippen molar-refractivity contribution in [3.8, 4) is 0 Å². The Labute approximate surface area is 163 Å². The van der Waals surface area contributed by atoms with Crippen LogP contribution in [0, 0.1) is 0 Å². The predicted octanol–water partition coefficient (Wildman–Crippen LogP) is 2.55. The van der Waals surface area contributed by atoms with E-state index in [4.69, 9.17) is 4.74 Å². The van der Waals surface area contributed by atoms with E-state index in [0.29, 0.717) is 24.5 Å². The Morgan fingerprint density at radius 3 is 2.81 bits per heavy atom. The van der Waals surface area contributed by atoms with E-state index in [1.54, 1.807) is 24.4 Å². The molecule has 0 aliphatic carbocycles. The summed E-state index contributed by atoms with van der Waals surface area (Å²) in [6.45, 7) is 2.76. The van der Waals surface area contributed by atoms with E-state index < -0.39 is 11.5 Å². The molecule has 0 atom stereocenters. The van der Waals surface area contributed by atoms with Crippen molar-refractivity contribution in [2.45, 2.75) is 0 Å². The maximum atomic E-state index is 12.8. The minimum absolute atomic E-state index is 0.00777. The number of halogens is 1. The van der Waals surface area contributed by atoms with Crippen molar-refractivity contribution in [2.24, 2.45) is 0 Å². The molecule has 0 spiro atoms. The van der Waals surface area contributed by atoms with Gasteiger partial charge in [-0.05, 0) is 30.3 Å². The molecule has 138 valence electrons. The molecule has 7 nitrogen and oxygen atoms in total. The molecule has 1 fully saturated rings. The highest BCUT2D eigenvalue weighted by Crippen LogP contribution is 2.30. The van der Waals surface area contributed by atoms with Crippen LogP contribution in [0.1, 0.15) is 10.4 Å². The summed E-state index contributed by atoms with van der Waals surface area (Å²) in [5.74, 6) is -0.488. The average molecular weight is 429 g/mol. The van der Waals surface area contributed by atoms with Gasteiger partial charge in [-0.25, -0.2) is 4.98 Å². The number of hydrogen-bond donors (Lipinski definition) is 1. The fourth-order valence-corrected chi connectivity index (χ4v) is 3.42. The highest BCUT2D eigenvalue weighted by Gasteiger charge is 2.19. The largest absolute Gasteiger partial charge is 0.378 e. The highest BCUT2D eigenvalue weighted by atomic mass is 79.9. The van der Waals surface area contributed by atoms with E-state index in [2.05, 4.69) is 31.1 Å². The van der Waals surface area contributed by atoms with Crippen LogP contribution in [0.25, 0.3) is 5.65 Å². The molecule has 0 radical (unpaired) electrons. The molecule has 3 heterocycles. The highest BCUT2D eigenvalue weighted by molar-refractivity contribution is 9.10. The van der Waals surface area contributed by atoms with Crippen molar-refractivity contribution in [1.29, 1.82) is 0 Å². The summed E-state index contributed by atoms with van der Waals surface area (Å²) in [4.78, 5) is 31.8. The van der Waals surface area contributed by atoms with Crippen molar-refractivity contribution < 1.29 is 9.53 Å². The first-order valence-electron chi connectivity index (χ1n) is 8.53. The normalized spacial score (nSPS) is 14.3. The number of rotatable bonds is 3. The molecule has 1 aromatic carbocycles. The molecule has 1 N–H and O–H groups in total. The Morgan fingerprint density at radius 1 is 1.19 bits per heavy atom. The number of carbonyl (C=O) groups excluding carboxylic acids is 1. The summed E-state index contributed by atoms with van der Waals surface area (Å²) in [6, 6.07) is 10.9. The summed E-state index contributed by atoms with van der Waals surface area (Å²) in [7, 11) is 0. The van der Waals surface area contributed by atoms with Crippen molar-refractivity contribution in [1.82, 2.24) is 9.38 Å². The average Bonchev–Trinajstić information content (AvgIpc) is 2.69. The van der Waals surface area contributed by atoms with Gasteiger partial charge in [0.25, 0.3) is 11.5 Å². The summed E-state index contributed by atoms with van der Waals surface area (Å²) in [5.41, 5.74) is 1.61. The Morgan fingerprint density at radius 2 is 2.00 bits per heavy atom. The summed E-state index contributed by atoms with van der Waals surface area (Å²) < 4.78 is 7.60. The molecule has 1 saturated heterocycles. The number of anilines is 2. The minimum Gasteiger partial charge on any atom is -0.378 e. The molecule has 0 unspecified atom stereocenters. The Hall–Kier alpha value is -2.71. The monoisotopic (exact) mass is 428 g/mol. The summed E-state index contributed by atoms with van der Waals surface area (Å²) in [5, 5.41) is 2.87. The van der Waals surface area contributed by atoms with E-state index in [-0.39, 0.29) is 5.56 Å². The molecule has 2 aromatic heterocycles. The van der Waals surface area contributed by atoms with E-state index in [0.717, 1.165) is 23.2 Å². The quantitative estimate of drug-likeness (QED) is 0.693. The zero-order valence-electron chi connectivity index (χ0n) is 14.4. The SMILES string of the molecule is O=C(Nc1cc(Br)ccc1N1CCOCC1)c1cnc2ccccn2c1=O. The van der Waals surface area contributed by atoms with Crippen molar-refractivity contribution in [3.05, 3.63) is 69.2 Å². The lowest BCUT2D eigenvalue weighted by atomic mass is 10.2. The van der Waals surface area contributed by atoms with Gasteiger partial charge < -0.3 is 15.0 Å². The zero-order chi connectivity index (χ0) is 18.8. The van der Waals surface area contributed by atoms with Gasteiger partial charge >= 0.3 is 0 Å². The molecule has 4 rings (SSSR count). The standard InChI is InChI=1S/C19H17BrN4O3/c20-13-4-5-16(23-7-9-27-10-8-23)15(11-13)22-18(25)14-12-21-17-3-1-2-6-24(17)19(14)26/h1-6,11-12H,7-10H2,(H,22,25). The first-order chi connectivity index (χ1) is 13.1. The van der Waals surface area contributed by atoms with Crippen LogP contribution in [0.2, 0.25) is 0 Å². The lowest BCUT2D eigenvalue weighted by molar-refractivity contribution is 0.102. The third kappa shape index (κ3) is 3.58. The van der Waals surface area contributed by atoms with Crippen molar-refractivity contribution in [3.63, 3.8) is 0 Å².